The number of benzene rings is 2. The van der Waals surface area contributed by atoms with Gasteiger partial charge in [-0.15, -0.1) is 0 Å². The van der Waals surface area contributed by atoms with Crippen molar-refractivity contribution in [3.63, 3.8) is 0 Å². The Hall–Kier alpha value is -1.83. The first kappa shape index (κ1) is 21.5. The zero-order valence-electron chi connectivity index (χ0n) is 15.9. The molecule has 2 rings (SSSR count). The summed E-state index contributed by atoms with van der Waals surface area (Å²) in [6.45, 7) is 0.638. The zero-order chi connectivity index (χ0) is 19.8. The van der Waals surface area contributed by atoms with E-state index in [9.17, 15) is 13.0 Å². The summed E-state index contributed by atoms with van der Waals surface area (Å²) in [6.07, 6.45) is 1.96. The van der Waals surface area contributed by atoms with E-state index in [2.05, 4.69) is 5.48 Å². The Balaban J connectivity index is 2.24. The Bertz CT molecular complexity index is 754. The molecule has 0 bridgehead atoms. The summed E-state index contributed by atoms with van der Waals surface area (Å²) in [6, 6.07) is 10.6. The van der Waals surface area contributed by atoms with Crippen molar-refractivity contribution in [1.82, 2.24) is 5.48 Å². The summed E-state index contributed by atoms with van der Waals surface area (Å²) >= 11 is 0. The van der Waals surface area contributed by atoms with E-state index in [4.69, 9.17) is 4.84 Å². The first-order valence-electron chi connectivity index (χ1n) is 8.82. The quantitative estimate of drug-likeness (QED) is 0.483. The van der Waals surface area contributed by atoms with Gasteiger partial charge in [-0.3, -0.25) is 4.21 Å². The van der Waals surface area contributed by atoms with Crippen molar-refractivity contribution in [2.45, 2.75) is 29.4 Å². The van der Waals surface area contributed by atoms with Gasteiger partial charge in [-0.2, -0.15) is 0 Å². The molecular formula is C20H26F2N2O2S. The molecule has 0 aromatic heterocycles. The highest BCUT2D eigenvalue weighted by atomic mass is 32.2. The first-order chi connectivity index (χ1) is 12.9. The maximum Gasteiger partial charge on any atom is 0.127 e. The van der Waals surface area contributed by atoms with Gasteiger partial charge in [0.2, 0.25) is 0 Å². The maximum atomic E-state index is 14.4. The number of hydroxylamine groups is 1. The third-order valence-corrected chi connectivity index (χ3v) is 6.03. The topological polar surface area (TPSA) is 41.6 Å². The van der Waals surface area contributed by atoms with Crippen LogP contribution in [-0.2, 0) is 15.6 Å². The third kappa shape index (κ3) is 6.09. The molecule has 148 valence electrons. The van der Waals surface area contributed by atoms with E-state index in [-0.39, 0.29) is 5.56 Å². The van der Waals surface area contributed by atoms with Gasteiger partial charge in [-0.05, 0) is 55.3 Å². The molecule has 0 heterocycles. The van der Waals surface area contributed by atoms with E-state index >= 15 is 0 Å². The average molecular weight is 397 g/mol. The molecular weight excluding hydrogens is 370 g/mol. The molecule has 7 heteroatoms. The van der Waals surface area contributed by atoms with Gasteiger partial charge < -0.3 is 9.74 Å². The monoisotopic (exact) mass is 396 g/mol. The fourth-order valence-electron chi connectivity index (χ4n) is 2.81. The lowest BCUT2D eigenvalue weighted by molar-refractivity contribution is 0.0905. The van der Waals surface area contributed by atoms with Crippen molar-refractivity contribution in [1.29, 1.82) is 0 Å². The molecule has 4 nitrogen and oxygen atoms in total. The number of rotatable bonds is 10. The van der Waals surface area contributed by atoms with Crippen molar-refractivity contribution in [3.8, 4) is 0 Å². The van der Waals surface area contributed by atoms with Crippen LogP contribution in [0.15, 0.2) is 47.4 Å². The van der Waals surface area contributed by atoms with Gasteiger partial charge in [-0.1, -0.05) is 6.42 Å². The second-order valence-corrected chi connectivity index (χ2v) is 8.07. The number of nitrogens with one attached hydrogen (secondary N) is 1. The predicted octanol–water partition coefficient (Wildman–Crippen LogP) is 4.20. The van der Waals surface area contributed by atoms with Crippen molar-refractivity contribution >= 4 is 16.5 Å². The highest BCUT2D eigenvalue weighted by Gasteiger charge is 2.24. The molecule has 0 aliphatic carbocycles. The standard InChI is InChI=1S/C20H26F2N2O2S/c1-24(2)16-8-10-17(11-9-16)27(25)20(6-4-5-13-23-26-3)18-14-15(21)7-12-19(18)22/h7-12,14,20,23H,4-6,13H2,1-3H3. The Morgan fingerprint density at radius 1 is 1.11 bits per heavy atom. The van der Waals surface area contributed by atoms with Crippen LogP contribution < -0.4 is 10.4 Å². The molecule has 0 fully saturated rings. The summed E-state index contributed by atoms with van der Waals surface area (Å²) in [7, 11) is 3.89. The minimum absolute atomic E-state index is 0.157. The molecule has 0 saturated heterocycles. The molecule has 2 atom stereocenters. The van der Waals surface area contributed by atoms with E-state index in [0.29, 0.717) is 24.3 Å². The Morgan fingerprint density at radius 3 is 2.44 bits per heavy atom. The fraction of sp³-hybridized carbons (Fsp3) is 0.400. The van der Waals surface area contributed by atoms with Gasteiger partial charge >= 0.3 is 0 Å². The smallest absolute Gasteiger partial charge is 0.127 e. The fourth-order valence-corrected chi connectivity index (χ4v) is 4.34. The third-order valence-electron chi connectivity index (χ3n) is 4.29. The van der Waals surface area contributed by atoms with E-state index in [0.717, 1.165) is 30.3 Å². The molecule has 2 aromatic carbocycles. The number of nitrogens with zero attached hydrogens (tertiary/aromatic N) is 1. The van der Waals surface area contributed by atoms with Crippen LogP contribution in [-0.4, -0.2) is 32.0 Å². The molecule has 0 radical (unpaired) electrons. The summed E-state index contributed by atoms with van der Waals surface area (Å²) in [5.41, 5.74) is 3.88. The number of anilines is 1. The average Bonchev–Trinajstić information content (AvgIpc) is 2.66. The van der Waals surface area contributed by atoms with Crippen LogP contribution in [0.3, 0.4) is 0 Å². The van der Waals surface area contributed by atoms with Gasteiger partial charge in [0.05, 0.1) is 23.2 Å². The SMILES string of the molecule is CONCCCCC(c1cc(F)ccc1F)S(=O)c1ccc(N(C)C)cc1. The molecule has 27 heavy (non-hydrogen) atoms. The largest absolute Gasteiger partial charge is 0.378 e. The van der Waals surface area contributed by atoms with Gasteiger partial charge in [0.1, 0.15) is 11.6 Å². The van der Waals surface area contributed by atoms with Crippen molar-refractivity contribution in [2.24, 2.45) is 0 Å². The number of hydrogen-bond acceptors (Lipinski definition) is 4. The number of hydrogen-bond donors (Lipinski definition) is 1. The molecule has 0 amide bonds. The van der Waals surface area contributed by atoms with E-state index in [1.54, 1.807) is 12.1 Å². The minimum atomic E-state index is -1.50. The first-order valence-corrected chi connectivity index (χ1v) is 10.0. The summed E-state index contributed by atoms with van der Waals surface area (Å²) in [5, 5.41) is -0.617. The van der Waals surface area contributed by atoms with Gasteiger partial charge in [-0.25, -0.2) is 14.3 Å². The molecule has 1 N–H and O–H groups in total. The molecule has 2 unspecified atom stereocenters. The van der Waals surface area contributed by atoms with Crippen molar-refractivity contribution < 1.29 is 17.8 Å². The molecule has 2 aromatic rings. The van der Waals surface area contributed by atoms with Gasteiger partial charge in [0.15, 0.2) is 0 Å². The Kier molecular flexibility index (Phi) is 8.34. The molecule has 0 aliphatic rings. The highest BCUT2D eigenvalue weighted by Crippen LogP contribution is 2.32. The van der Waals surface area contributed by atoms with E-state index in [1.807, 2.05) is 31.1 Å². The second kappa shape index (κ2) is 10.5. The Morgan fingerprint density at radius 2 is 1.81 bits per heavy atom. The minimum Gasteiger partial charge on any atom is -0.378 e. The normalized spacial score (nSPS) is 13.4. The molecule has 0 aliphatic heterocycles. The van der Waals surface area contributed by atoms with Crippen molar-refractivity contribution in [2.75, 3.05) is 32.6 Å². The van der Waals surface area contributed by atoms with Gasteiger partial charge in [0.25, 0.3) is 0 Å². The van der Waals surface area contributed by atoms with Crippen LogP contribution in [0, 0.1) is 11.6 Å². The van der Waals surface area contributed by atoms with Crippen LogP contribution in [0.5, 0.6) is 0 Å². The lowest BCUT2D eigenvalue weighted by atomic mass is 10.1. The molecule has 0 saturated carbocycles. The van der Waals surface area contributed by atoms with Gasteiger partial charge in [0, 0.05) is 36.8 Å². The van der Waals surface area contributed by atoms with Crippen LogP contribution in [0.4, 0.5) is 14.5 Å². The second-order valence-electron chi connectivity index (χ2n) is 6.43. The van der Waals surface area contributed by atoms with Crippen LogP contribution in [0.2, 0.25) is 0 Å². The lowest BCUT2D eigenvalue weighted by Gasteiger charge is -2.19. The van der Waals surface area contributed by atoms with E-state index < -0.39 is 27.7 Å². The summed E-state index contributed by atoms with van der Waals surface area (Å²) < 4.78 is 41.2. The van der Waals surface area contributed by atoms with Crippen molar-refractivity contribution in [3.05, 3.63) is 59.7 Å². The summed E-state index contributed by atoms with van der Waals surface area (Å²) in [4.78, 5) is 7.34. The lowest BCUT2D eigenvalue weighted by Crippen LogP contribution is -2.14. The zero-order valence-corrected chi connectivity index (χ0v) is 16.7. The summed E-state index contributed by atoms with van der Waals surface area (Å²) in [5.74, 6) is -1.06. The predicted molar refractivity (Wildman–Crippen MR) is 105 cm³/mol. The molecule has 0 spiro atoms. The number of unbranched alkanes of at least 4 members (excludes halogenated alkanes) is 1. The van der Waals surface area contributed by atoms with Crippen LogP contribution in [0.25, 0.3) is 0 Å². The van der Waals surface area contributed by atoms with E-state index in [1.165, 1.54) is 7.11 Å². The van der Waals surface area contributed by atoms with Crippen LogP contribution >= 0.6 is 0 Å². The Labute approximate surface area is 161 Å². The highest BCUT2D eigenvalue weighted by molar-refractivity contribution is 7.85. The van der Waals surface area contributed by atoms with Crippen LogP contribution in [0.1, 0.15) is 30.1 Å². The maximum absolute atomic E-state index is 14.4. The number of halogens is 2.